The van der Waals surface area contributed by atoms with E-state index in [0.29, 0.717) is 0 Å². The second-order valence-corrected chi connectivity index (χ2v) is 4.37. The molecule has 0 amide bonds. The molecular formula is C10H13ClN6O2. The molecule has 8 nitrogen and oxygen atoms in total. The van der Waals surface area contributed by atoms with Gasteiger partial charge in [-0.1, -0.05) is 20.4 Å². The van der Waals surface area contributed by atoms with Crippen LogP contribution in [0.3, 0.4) is 0 Å². The van der Waals surface area contributed by atoms with Gasteiger partial charge in [0.2, 0.25) is 5.82 Å². The number of aromatic nitrogens is 2. The summed E-state index contributed by atoms with van der Waals surface area (Å²) in [6.45, 7) is 10.3. The molecule has 1 aromatic heterocycles. The van der Waals surface area contributed by atoms with Crippen LogP contribution in [0, 0.1) is 12.5 Å². The first-order chi connectivity index (χ1) is 8.86. The molecule has 19 heavy (non-hydrogen) atoms. The average Bonchev–Trinajstić information content (AvgIpc) is 2.32. The molecule has 0 bridgehead atoms. The zero-order valence-corrected chi connectivity index (χ0v) is 11.1. The molecule has 0 aliphatic heterocycles. The lowest BCUT2D eigenvalue weighted by molar-refractivity contribution is -0.140. The first kappa shape index (κ1) is 14.9. The van der Waals surface area contributed by atoms with Crippen LogP contribution in [0.2, 0.25) is 5.15 Å². The molecule has 1 heterocycles. The number of hydrazine groups is 1. The highest BCUT2D eigenvalue weighted by Gasteiger charge is 2.22. The van der Waals surface area contributed by atoms with Crippen molar-refractivity contribution in [2.45, 2.75) is 19.9 Å². The SMILES string of the molecule is [C-]#[N+]c1nc(Cl)c(NNC(C(=O)O)C(C)C)nc1N. The van der Waals surface area contributed by atoms with Crippen molar-refractivity contribution < 1.29 is 9.90 Å². The predicted octanol–water partition coefficient (Wildman–Crippen LogP) is 1.29. The summed E-state index contributed by atoms with van der Waals surface area (Å²) in [5, 5.41) is 8.92. The summed E-state index contributed by atoms with van der Waals surface area (Å²) in [6, 6.07) is -0.834. The third kappa shape index (κ3) is 3.67. The number of nitrogens with one attached hydrogen (secondary N) is 2. The molecule has 0 saturated heterocycles. The number of hydrogen-bond acceptors (Lipinski definition) is 6. The third-order valence-corrected chi connectivity index (χ3v) is 2.51. The molecule has 0 radical (unpaired) electrons. The van der Waals surface area contributed by atoms with Crippen molar-refractivity contribution in [1.29, 1.82) is 0 Å². The van der Waals surface area contributed by atoms with E-state index >= 15 is 0 Å². The lowest BCUT2D eigenvalue weighted by Crippen LogP contribution is -2.44. The smallest absolute Gasteiger partial charge is 0.322 e. The summed E-state index contributed by atoms with van der Waals surface area (Å²) in [7, 11) is 0. The third-order valence-electron chi connectivity index (χ3n) is 2.25. The fourth-order valence-corrected chi connectivity index (χ4v) is 1.41. The molecule has 1 aromatic rings. The topological polar surface area (TPSA) is 118 Å². The second kappa shape index (κ2) is 6.17. The zero-order valence-electron chi connectivity index (χ0n) is 10.3. The first-order valence-corrected chi connectivity index (χ1v) is 5.69. The van der Waals surface area contributed by atoms with Crippen molar-refractivity contribution >= 4 is 35.0 Å². The molecule has 0 aromatic carbocycles. The van der Waals surface area contributed by atoms with Crippen LogP contribution in [-0.4, -0.2) is 27.1 Å². The van der Waals surface area contributed by atoms with E-state index in [-0.39, 0.29) is 28.5 Å². The number of carboxylic acids is 1. The Kier molecular flexibility index (Phi) is 4.86. The quantitative estimate of drug-likeness (QED) is 0.475. The van der Waals surface area contributed by atoms with E-state index in [2.05, 4.69) is 25.7 Å². The maximum absolute atomic E-state index is 11.0. The van der Waals surface area contributed by atoms with Crippen molar-refractivity contribution in [3.05, 3.63) is 16.6 Å². The van der Waals surface area contributed by atoms with Gasteiger partial charge in [0.05, 0.1) is 0 Å². The summed E-state index contributed by atoms with van der Waals surface area (Å²) in [4.78, 5) is 21.6. The second-order valence-electron chi connectivity index (χ2n) is 4.01. The number of carbonyl (C=O) groups is 1. The normalized spacial score (nSPS) is 11.9. The van der Waals surface area contributed by atoms with E-state index in [1.807, 2.05) is 0 Å². The Morgan fingerprint density at radius 2 is 2.16 bits per heavy atom. The molecule has 1 unspecified atom stereocenters. The molecule has 1 atom stereocenters. The number of nitrogens with two attached hydrogens (primary N) is 1. The number of nitrogen functional groups attached to an aromatic ring is 1. The van der Waals surface area contributed by atoms with Gasteiger partial charge in [0.15, 0.2) is 5.82 Å². The van der Waals surface area contributed by atoms with E-state index in [1.54, 1.807) is 13.8 Å². The lowest BCUT2D eigenvalue weighted by atomic mass is 10.1. The van der Waals surface area contributed by atoms with Gasteiger partial charge in [-0.05, 0) is 17.5 Å². The van der Waals surface area contributed by atoms with Gasteiger partial charge in [0, 0.05) is 0 Å². The molecule has 0 aliphatic carbocycles. The van der Waals surface area contributed by atoms with Gasteiger partial charge in [-0.15, -0.1) is 4.98 Å². The van der Waals surface area contributed by atoms with Gasteiger partial charge >= 0.3 is 11.8 Å². The molecule has 0 aliphatic rings. The molecule has 1 rings (SSSR count). The van der Waals surface area contributed by atoms with E-state index in [9.17, 15) is 4.79 Å². The maximum Gasteiger partial charge on any atom is 0.322 e. The number of aliphatic carboxylic acids is 1. The highest BCUT2D eigenvalue weighted by atomic mass is 35.5. The predicted molar refractivity (Wildman–Crippen MR) is 70.7 cm³/mol. The van der Waals surface area contributed by atoms with E-state index in [1.165, 1.54) is 0 Å². The lowest BCUT2D eigenvalue weighted by Gasteiger charge is -2.18. The fraction of sp³-hybridized carbons (Fsp3) is 0.400. The van der Waals surface area contributed by atoms with Crippen LogP contribution in [0.4, 0.5) is 17.5 Å². The molecule has 0 fully saturated rings. The van der Waals surface area contributed by atoms with Crippen LogP contribution in [-0.2, 0) is 4.79 Å². The van der Waals surface area contributed by atoms with E-state index < -0.39 is 12.0 Å². The van der Waals surface area contributed by atoms with Crippen LogP contribution in [0.25, 0.3) is 4.85 Å². The first-order valence-electron chi connectivity index (χ1n) is 5.31. The van der Waals surface area contributed by atoms with E-state index in [4.69, 9.17) is 29.0 Å². The Labute approximate surface area is 114 Å². The maximum atomic E-state index is 11.0. The van der Waals surface area contributed by atoms with Gasteiger partial charge in [-0.25, -0.2) is 10.4 Å². The molecule has 102 valence electrons. The molecule has 5 N–H and O–H groups in total. The standard InChI is InChI=1S/C10H13ClN6O2/c1-4(2)5(10(18)19)16-17-8-6(11)14-9(13-3)7(12)15-8/h4-5,16H,1-2H3,(H,18,19)(H3,12,15,17). The van der Waals surface area contributed by atoms with Crippen LogP contribution in [0.5, 0.6) is 0 Å². The van der Waals surface area contributed by atoms with Crippen molar-refractivity contribution in [1.82, 2.24) is 15.4 Å². The molecule has 0 spiro atoms. The fourth-order valence-electron chi connectivity index (χ4n) is 1.24. The number of nitrogens with zero attached hydrogens (tertiary/aromatic N) is 3. The monoisotopic (exact) mass is 284 g/mol. The highest BCUT2D eigenvalue weighted by molar-refractivity contribution is 6.31. The molecule has 9 heteroatoms. The Bertz CT molecular complexity index is 527. The number of carboxylic acid groups (broad SMARTS) is 1. The molecular weight excluding hydrogens is 272 g/mol. The number of anilines is 2. The minimum absolute atomic E-state index is 0.0680. The Morgan fingerprint density at radius 1 is 1.53 bits per heavy atom. The molecule has 0 saturated carbocycles. The van der Waals surface area contributed by atoms with Crippen molar-refractivity contribution in [2.75, 3.05) is 11.2 Å². The van der Waals surface area contributed by atoms with Gasteiger partial charge in [-0.3, -0.25) is 4.79 Å². The summed E-state index contributed by atoms with van der Waals surface area (Å²) in [6.07, 6.45) is 0. The summed E-state index contributed by atoms with van der Waals surface area (Å²) < 4.78 is 0. The van der Waals surface area contributed by atoms with Crippen LogP contribution >= 0.6 is 11.6 Å². The average molecular weight is 285 g/mol. The van der Waals surface area contributed by atoms with Crippen LogP contribution in [0.1, 0.15) is 13.8 Å². The van der Waals surface area contributed by atoms with Crippen molar-refractivity contribution in [3.8, 4) is 0 Å². The summed E-state index contributed by atoms with van der Waals surface area (Å²) >= 11 is 5.80. The summed E-state index contributed by atoms with van der Waals surface area (Å²) in [5.41, 5.74) is 10.6. The largest absolute Gasteiger partial charge is 0.480 e. The number of rotatable bonds is 5. The Morgan fingerprint density at radius 3 is 2.63 bits per heavy atom. The van der Waals surface area contributed by atoms with Crippen LogP contribution in [0.15, 0.2) is 0 Å². The van der Waals surface area contributed by atoms with Crippen molar-refractivity contribution in [2.24, 2.45) is 5.92 Å². The number of hydrogen-bond donors (Lipinski definition) is 4. The summed E-state index contributed by atoms with van der Waals surface area (Å²) in [5.74, 6) is -1.29. The van der Waals surface area contributed by atoms with Gasteiger partial charge in [0.1, 0.15) is 6.04 Å². The van der Waals surface area contributed by atoms with Gasteiger partial charge in [0.25, 0.3) is 5.15 Å². The number of halogens is 1. The minimum Gasteiger partial charge on any atom is -0.480 e. The highest BCUT2D eigenvalue weighted by Crippen LogP contribution is 2.24. The minimum atomic E-state index is -1.02. The van der Waals surface area contributed by atoms with Crippen molar-refractivity contribution in [3.63, 3.8) is 0 Å². The van der Waals surface area contributed by atoms with Gasteiger partial charge in [-0.2, -0.15) is 0 Å². The zero-order chi connectivity index (χ0) is 14.6. The van der Waals surface area contributed by atoms with E-state index in [0.717, 1.165) is 0 Å². The van der Waals surface area contributed by atoms with Crippen LogP contribution < -0.4 is 16.6 Å². The van der Waals surface area contributed by atoms with Gasteiger partial charge < -0.3 is 21.1 Å². The Hall–Kier alpha value is -2.11. The Balaban J connectivity index is 2.87.